The Morgan fingerprint density at radius 2 is 2.09 bits per heavy atom. The lowest BCUT2D eigenvalue weighted by atomic mass is 9.89. The van der Waals surface area contributed by atoms with Crippen LogP contribution in [-0.2, 0) is 17.8 Å². The summed E-state index contributed by atoms with van der Waals surface area (Å²) in [5, 5.41) is 12.1. The van der Waals surface area contributed by atoms with E-state index in [1.807, 2.05) is 11.0 Å². The topological polar surface area (TPSA) is 65.4 Å². The fourth-order valence-corrected chi connectivity index (χ4v) is 4.11. The molecule has 0 N–H and O–H groups in total. The Morgan fingerprint density at radius 1 is 1.27 bits per heavy atom. The number of carboxylic acids is 1. The molecule has 4 rings (SSSR count). The highest BCUT2D eigenvalue weighted by atomic mass is 16.4. The highest BCUT2D eigenvalue weighted by Crippen LogP contribution is 2.42. The van der Waals surface area contributed by atoms with E-state index in [4.69, 9.17) is 0 Å². The van der Waals surface area contributed by atoms with Crippen LogP contribution in [0.3, 0.4) is 0 Å². The van der Waals surface area contributed by atoms with Gasteiger partial charge < -0.3 is 19.4 Å². The summed E-state index contributed by atoms with van der Waals surface area (Å²) in [6.45, 7) is 3.12. The number of hydrogen-bond donors (Lipinski definition) is 0. The summed E-state index contributed by atoms with van der Waals surface area (Å²) in [7, 11) is 0. The van der Waals surface area contributed by atoms with Crippen LogP contribution in [0.15, 0.2) is 18.2 Å². The molecule has 2 heterocycles. The average molecular weight is 297 g/mol. The number of hydrogen-bond acceptors (Lipinski definition) is 3. The van der Waals surface area contributed by atoms with Gasteiger partial charge in [-0.15, -0.1) is 0 Å². The first kappa shape index (κ1) is 13.4. The van der Waals surface area contributed by atoms with E-state index in [9.17, 15) is 14.7 Å². The Bertz CT molecular complexity index is 806. The van der Waals surface area contributed by atoms with Crippen molar-refractivity contribution in [1.82, 2.24) is 9.47 Å². The van der Waals surface area contributed by atoms with Gasteiger partial charge in [-0.2, -0.15) is 0 Å². The Balaban J connectivity index is 1.97. The number of rotatable bonds is 1. The zero-order valence-electron chi connectivity index (χ0n) is 12.5. The lowest BCUT2D eigenvalue weighted by Gasteiger charge is -2.39. The lowest BCUT2D eigenvalue weighted by molar-refractivity contribution is -0.255. The molecule has 5 heteroatoms. The van der Waals surface area contributed by atoms with E-state index in [-0.39, 0.29) is 17.5 Å². The van der Waals surface area contributed by atoms with Crippen LogP contribution in [-0.4, -0.2) is 27.9 Å². The molecular formula is C17H17N2O3-. The molecule has 0 fully saturated rings. The summed E-state index contributed by atoms with van der Waals surface area (Å²) in [5.74, 6) is -1.03. The van der Waals surface area contributed by atoms with Crippen molar-refractivity contribution < 1.29 is 14.7 Å². The van der Waals surface area contributed by atoms with Gasteiger partial charge in [0.2, 0.25) is 5.91 Å². The summed E-state index contributed by atoms with van der Waals surface area (Å²) in [6.07, 6.45) is 2.95. The van der Waals surface area contributed by atoms with Crippen molar-refractivity contribution in [1.29, 1.82) is 0 Å². The van der Waals surface area contributed by atoms with E-state index in [0.29, 0.717) is 0 Å². The maximum Gasteiger partial charge on any atom is 0.220 e. The molecule has 0 saturated heterocycles. The Labute approximate surface area is 128 Å². The number of aromatic carboxylic acids is 1. The van der Waals surface area contributed by atoms with E-state index in [0.717, 1.165) is 43.3 Å². The number of nitrogens with zero attached hydrogens (tertiary/aromatic N) is 2. The third-order valence-corrected chi connectivity index (χ3v) is 5.01. The van der Waals surface area contributed by atoms with Crippen LogP contribution in [0.2, 0.25) is 0 Å². The predicted octanol–water partition coefficient (Wildman–Crippen LogP) is 1.24. The van der Waals surface area contributed by atoms with Crippen molar-refractivity contribution in [2.45, 2.75) is 38.8 Å². The van der Waals surface area contributed by atoms with Gasteiger partial charge in [-0.3, -0.25) is 4.79 Å². The monoisotopic (exact) mass is 297 g/mol. The molecular weight excluding hydrogens is 280 g/mol. The second kappa shape index (κ2) is 4.60. The third-order valence-electron chi connectivity index (χ3n) is 5.01. The number of carbonyl (C=O) groups excluding carboxylic acids is 2. The van der Waals surface area contributed by atoms with Crippen molar-refractivity contribution >= 4 is 22.8 Å². The van der Waals surface area contributed by atoms with E-state index >= 15 is 0 Å². The Morgan fingerprint density at radius 3 is 2.82 bits per heavy atom. The second-order valence-electron chi connectivity index (χ2n) is 6.16. The highest BCUT2D eigenvalue weighted by Gasteiger charge is 2.35. The molecule has 1 atom stereocenters. The van der Waals surface area contributed by atoms with Crippen molar-refractivity contribution in [2.24, 2.45) is 0 Å². The average Bonchev–Trinajstić information content (AvgIpc) is 2.83. The van der Waals surface area contributed by atoms with Crippen LogP contribution < -0.4 is 5.11 Å². The van der Waals surface area contributed by atoms with Gasteiger partial charge in [0.05, 0.1) is 12.0 Å². The van der Waals surface area contributed by atoms with E-state index in [1.54, 1.807) is 19.1 Å². The van der Waals surface area contributed by atoms with Crippen LogP contribution in [0.4, 0.5) is 0 Å². The minimum absolute atomic E-state index is 0.116. The molecule has 0 radical (unpaired) electrons. The normalized spacial score (nSPS) is 20.0. The Hall–Kier alpha value is -2.30. The molecule has 1 amide bonds. The van der Waals surface area contributed by atoms with Crippen LogP contribution in [0.5, 0.6) is 0 Å². The van der Waals surface area contributed by atoms with Crippen LogP contribution >= 0.6 is 0 Å². The lowest BCUT2D eigenvalue weighted by Crippen LogP contribution is -2.42. The minimum Gasteiger partial charge on any atom is -0.545 e. The van der Waals surface area contributed by atoms with Crippen LogP contribution in [0.1, 0.15) is 47.4 Å². The molecule has 22 heavy (non-hydrogen) atoms. The fourth-order valence-electron chi connectivity index (χ4n) is 4.11. The smallest absolute Gasteiger partial charge is 0.220 e. The summed E-state index contributed by atoms with van der Waals surface area (Å²) in [6, 6.07) is 5.35. The quantitative estimate of drug-likeness (QED) is 0.795. The number of aryl methyl sites for hydroxylation is 1. The standard InChI is InChI=1S/C17H18N2O3/c1-10(20)18-7-8-19-14-6-5-11(17(21)22)9-13(14)12-3-2-4-15(18)16(12)19/h5-6,9,15H,2-4,7-8H2,1H3,(H,21,22)/p-1/t15-/m1/s1. The summed E-state index contributed by atoms with van der Waals surface area (Å²) in [5.41, 5.74) is 3.71. The van der Waals surface area contributed by atoms with Gasteiger partial charge in [0.15, 0.2) is 0 Å². The molecule has 1 aromatic carbocycles. The maximum absolute atomic E-state index is 11.9. The van der Waals surface area contributed by atoms with Crippen LogP contribution in [0, 0.1) is 0 Å². The van der Waals surface area contributed by atoms with Crippen molar-refractivity contribution in [3.8, 4) is 0 Å². The molecule has 5 nitrogen and oxygen atoms in total. The number of carbonyl (C=O) groups is 2. The fraction of sp³-hybridized carbons (Fsp3) is 0.412. The molecule has 1 aliphatic heterocycles. The first-order valence-corrected chi connectivity index (χ1v) is 7.71. The molecule has 0 bridgehead atoms. The molecule has 0 spiro atoms. The molecule has 1 aliphatic carbocycles. The van der Waals surface area contributed by atoms with E-state index < -0.39 is 5.97 Å². The number of amides is 1. The van der Waals surface area contributed by atoms with E-state index in [1.165, 1.54) is 11.3 Å². The summed E-state index contributed by atoms with van der Waals surface area (Å²) < 4.78 is 2.27. The van der Waals surface area contributed by atoms with Crippen molar-refractivity contribution in [3.05, 3.63) is 35.0 Å². The van der Waals surface area contributed by atoms with Gasteiger partial charge in [0.1, 0.15) is 0 Å². The first-order valence-electron chi connectivity index (χ1n) is 7.71. The minimum atomic E-state index is -1.14. The maximum atomic E-state index is 11.9. The molecule has 114 valence electrons. The largest absolute Gasteiger partial charge is 0.545 e. The van der Waals surface area contributed by atoms with Gasteiger partial charge in [-0.25, -0.2) is 0 Å². The van der Waals surface area contributed by atoms with Gasteiger partial charge >= 0.3 is 0 Å². The third kappa shape index (κ3) is 1.71. The van der Waals surface area contributed by atoms with E-state index in [2.05, 4.69) is 4.57 Å². The molecule has 0 unspecified atom stereocenters. The molecule has 0 saturated carbocycles. The summed E-state index contributed by atoms with van der Waals surface area (Å²) in [4.78, 5) is 25.0. The van der Waals surface area contributed by atoms with Crippen molar-refractivity contribution in [2.75, 3.05) is 6.54 Å². The number of carboxylic acid groups (broad SMARTS) is 1. The van der Waals surface area contributed by atoms with Gasteiger partial charge in [-0.1, -0.05) is 6.07 Å². The zero-order valence-corrected chi connectivity index (χ0v) is 12.5. The molecule has 2 aliphatic rings. The number of benzene rings is 1. The first-order chi connectivity index (χ1) is 10.6. The number of aromatic nitrogens is 1. The molecule has 2 aromatic rings. The van der Waals surface area contributed by atoms with Crippen LogP contribution in [0.25, 0.3) is 10.9 Å². The highest BCUT2D eigenvalue weighted by molar-refractivity contribution is 5.95. The molecule has 1 aromatic heterocycles. The van der Waals surface area contributed by atoms with Crippen molar-refractivity contribution in [3.63, 3.8) is 0 Å². The van der Waals surface area contributed by atoms with Gasteiger partial charge in [0, 0.05) is 36.6 Å². The predicted molar refractivity (Wildman–Crippen MR) is 79.3 cm³/mol. The number of fused-ring (bicyclic) bond motifs is 3. The zero-order chi connectivity index (χ0) is 15.4. The SMILES string of the molecule is CC(=O)N1CCn2c3c(c4cc(C(=O)[O-])ccc42)CCC[C@H]31. The van der Waals surface area contributed by atoms with Gasteiger partial charge in [-0.05, 0) is 42.5 Å². The summed E-state index contributed by atoms with van der Waals surface area (Å²) >= 11 is 0. The Kier molecular flexibility index (Phi) is 2.79. The second-order valence-corrected chi connectivity index (χ2v) is 6.16. The van der Waals surface area contributed by atoms with Gasteiger partial charge in [0.25, 0.3) is 0 Å².